The summed E-state index contributed by atoms with van der Waals surface area (Å²) in [6.45, 7) is 4.75. The summed E-state index contributed by atoms with van der Waals surface area (Å²) in [7, 11) is 0. The van der Waals surface area contributed by atoms with E-state index in [0.29, 0.717) is 6.61 Å². The Bertz CT molecular complexity index is 392. The first-order chi connectivity index (χ1) is 7.72. The highest BCUT2D eigenvalue weighted by Crippen LogP contribution is 2.35. The molecule has 0 aliphatic heterocycles. The summed E-state index contributed by atoms with van der Waals surface area (Å²) >= 11 is 0. The standard InChI is InChI=1S/C14H18O2/c1-3-8-16-13-7-4-10(2)9-12(13)14(15)11-5-6-11/h4,7,9,11H,3,5-6,8H2,1-2H3. The van der Waals surface area contributed by atoms with Crippen LogP contribution in [0.5, 0.6) is 5.75 Å². The number of Topliss-reactive ketones (excluding diaryl/α,β-unsaturated/α-hetero) is 1. The van der Waals surface area contributed by atoms with E-state index in [9.17, 15) is 4.79 Å². The Hall–Kier alpha value is -1.31. The van der Waals surface area contributed by atoms with E-state index < -0.39 is 0 Å². The van der Waals surface area contributed by atoms with Crippen molar-refractivity contribution in [2.24, 2.45) is 5.92 Å². The molecule has 2 heteroatoms. The predicted octanol–water partition coefficient (Wildman–Crippen LogP) is 3.38. The van der Waals surface area contributed by atoms with Crippen molar-refractivity contribution in [2.45, 2.75) is 33.1 Å². The molecule has 0 heterocycles. The third-order valence-corrected chi connectivity index (χ3v) is 2.81. The van der Waals surface area contributed by atoms with Crippen LogP contribution < -0.4 is 4.74 Å². The lowest BCUT2D eigenvalue weighted by atomic mass is 10.0. The van der Waals surface area contributed by atoms with E-state index in [1.165, 1.54) is 0 Å². The van der Waals surface area contributed by atoms with E-state index in [1.807, 2.05) is 25.1 Å². The fourth-order valence-corrected chi connectivity index (χ4v) is 1.74. The first kappa shape index (κ1) is 11.2. The molecule has 0 radical (unpaired) electrons. The minimum absolute atomic E-state index is 0.255. The van der Waals surface area contributed by atoms with Gasteiger partial charge in [0, 0.05) is 5.92 Å². The van der Waals surface area contributed by atoms with Crippen molar-refractivity contribution < 1.29 is 9.53 Å². The largest absolute Gasteiger partial charge is 0.493 e. The number of ketones is 1. The number of benzene rings is 1. The van der Waals surface area contributed by atoms with Crippen LogP contribution in [-0.4, -0.2) is 12.4 Å². The van der Waals surface area contributed by atoms with Gasteiger partial charge in [-0.1, -0.05) is 18.6 Å². The fourth-order valence-electron chi connectivity index (χ4n) is 1.74. The number of carbonyl (C=O) groups excluding carboxylic acids is 1. The van der Waals surface area contributed by atoms with Gasteiger partial charge in [0.05, 0.1) is 12.2 Å². The average molecular weight is 218 g/mol. The predicted molar refractivity (Wildman–Crippen MR) is 64.0 cm³/mol. The Morgan fingerprint density at radius 3 is 2.81 bits per heavy atom. The lowest BCUT2D eigenvalue weighted by Crippen LogP contribution is -2.06. The van der Waals surface area contributed by atoms with Gasteiger partial charge in [-0.05, 0) is 38.3 Å². The number of hydrogen-bond donors (Lipinski definition) is 0. The summed E-state index contributed by atoms with van der Waals surface area (Å²) in [6, 6.07) is 5.86. The zero-order valence-corrected chi connectivity index (χ0v) is 9.95. The Morgan fingerprint density at radius 1 is 1.44 bits per heavy atom. The quantitative estimate of drug-likeness (QED) is 0.708. The first-order valence-corrected chi connectivity index (χ1v) is 6.00. The Kier molecular flexibility index (Phi) is 3.28. The van der Waals surface area contributed by atoms with Gasteiger partial charge in [-0.15, -0.1) is 0 Å². The van der Waals surface area contributed by atoms with Crippen LogP contribution in [0.25, 0.3) is 0 Å². The summed E-state index contributed by atoms with van der Waals surface area (Å²) in [6.07, 6.45) is 3.05. The zero-order valence-electron chi connectivity index (χ0n) is 9.95. The van der Waals surface area contributed by atoms with Crippen molar-refractivity contribution >= 4 is 5.78 Å². The third-order valence-electron chi connectivity index (χ3n) is 2.81. The minimum atomic E-state index is 0.255. The SMILES string of the molecule is CCCOc1ccc(C)cc1C(=O)C1CC1. The van der Waals surface area contributed by atoms with Gasteiger partial charge in [-0.25, -0.2) is 0 Å². The number of aryl methyl sites for hydroxylation is 1. The zero-order chi connectivity index (χ0) is 11.5. The molecule has 1 fully saturated rings. The molecule has 16 heavy (non-hydrogen) atoms. The van der Waals surface area contributed by atoms with Crippen LogP contribution in [0, 0.1) is 12.8 Å². The van der Waals surface area contributed by atoms with Crippen molar-refractivity contribution in [1.29, 1.82) is 0 Å². The smallest absolute Gasteiger partial charge is 0.169 e. The normalized spacial score (nSPS) is 14.9. The van der Waals surface area contributed by atoms with Gasteiger partial charge in [-0.2, -0.15) is 0 Å². The molecule has 0 N–H and O–H groups in total. The maximum Gasteiger partial charge on any atom is 0.169 e. The van der Waals surface area contributed by atoms with Gasteiger partial charge >= 0.3 is 0 Å². The lowest BCUT2D eigenvalue weighted by Gasteiger charge is -2.10. The van der Waals surface area contributed by atoms with E-state index in [1.54, 1.807) is 0 Å². The third kappa shape index (κ3) is 2.43. The summed E-state index contributed by atoms with van der Waals surface area (Å²) in [4.78, 5) is 12.1. The summed E-state index contributed by atoms with van der Waals surface area (Å²) < 4.78 is 5.62. The van der Waals surface area contributed by atoms with Gasteiger partial charge in [0.25, 0.3) is 0 Å². The molecule has 1 aromatic rings. The van der Waals surface area contributed by atoms with Crippen LogP contribution >= 0.6 is 0 Å². The molecule has 0 bridgehead atoms. The molecule has 0 amide bonds. The molecule has 0 aromatic heterocycles. The second-order valence-corrected chi connectivity index (χ2v) is 4.49. The molecule has 0 atom stereocenters. The Morgan fingerprint density at radius 2 is 2.19 bits per heavy atom. The Labute approximate surface area is 96.6 Å². The molecular weight excluding hydrogens is 200 g/mol. The van der Waals surface area contributed by atoms with Crippen LogP contribution in [0.1, 0.15) is 42.1 Å². The summed E-state index contributed by atoms with van der Waals surface area (Å²) in [5, 5.41) is 0. The van der Waals surface area contributed by atoms with Crippen molar-refractivity contribution in [3.05, 3.63) is 29.3 Å². The molecule has 86 valence electrons. The average Bonchev–Trinajstić information content (AvgIpc) is 3.10. The summed E-state index contributed by atoms with van der Waals surface area (Å²) in [5.74, 6) is 1.27. The van der Waals surface area contributed by atoms with Crippen LogP contribution in [0.2, 0.25) is 0 Å². The second-order valence-electron chi connectivity index (χ2n) is 4.49. The number of carbonyl (C=O) groups is 1. The lowest BCUT2D eigenvalue weighted by molar-refractivity contribution is 0.0963. The van der Waals surface area contributed by atoms with Gasteiger partial charge in [0.1, 0.15) is 5.75 Å². The highest BCUT2D eigenvalue weighted by atomic mass is 16.5. The maximum absolute atomic E-state index is 12.1. The molecule has 0 spiro atoms. The van der Waals surface area contributed by atoms with Crippen molar-refractivity contribution in [3.63, 3.8) is 0 Å². The molecule has 2 nitrogen and oxygen atoms in total. The van der Waals surface area contributed by atoms with Crippen LogP contribution in [0.3, 0.4) is 0 Å². The highest BCUT2D eigenvalue weighted by Gasteiger charge is 2.32. The maximum atomic E-state index is 12.1. The Balaban J connectivity index is 2.24. The molecule has 2 rings (SSSR count). The monoisotopic (exact) mass is 218 g/mol. The van der Waals surface area contributed by atoms with E-state index in [0.717, 1.165) is 36.1 Å². The van der Waals surface area contributed by atoms with E-state index in [-0.39, 0.29) is 11.7 Å². The minimum Gasteiger partial charge on any atom is -0.493 e. The van der Waals surface area contributed by atoms with Crippen molar-refractivity contribution in [3.8, 4) is 5.75 Å². The van der Waals surface area contributed by atoms with Crippen molar-refractivity contribution in [2.75, 3.05) is 6.61 Å². The summed E-state index contributed by atoms with van der Waals surface area (Å²) in [5.41, 5.74) is 1.89. The van der Waals surface area contributed by atoms with Gasteiger partial charge in [0.15, 0.2) is 5.78 Å². The van der Waals surface area contributed by atoms with Gasteiger partial charge in [0.2, 0.25) is 0 Å². The van der Waals surface area contributed by atoms with Crippen LogP contribution in [0.4, 0.5) is 0 Å². The molecule has 1 saturated carbocycles. The molecule has 1 aliphatic carbocycles. The number of hydrogen-bond acceptors (Lipinski definition) is 2. The highest BCUT2D eigenvalue weighted by molar-refractivity contribution is 6.01. The molecular formula is C14H18O2. The number of rotatable bonds is 5. The molecule has 0 saturated heterocycles. The van der Waals surface area contributed by atoms with Crippen LogP contribution in [-0.2, 0) is 0 Å². The molecule has 1 aromatic carbocycles. The topological polar surface area (TPSA) is 26.3 Å². The van der Waals surface area contributed by atoms with E-state index >= 15 is 0 Å². The second kappa shape index (κ2) is 4.69. The van der Waals surface area contributed by atoms with Gasteiger partial charge in [-0.3, -0.25) is 4.79 Å². The molecule has 1 aliphatic rings. The first-order valence-electron chi connectivity index (χ1n) is 6.00. The number of ether oxygens (including phenoxy) is 1. The van der Waals surface area contributed by atoms with E-state index in [4.69, 9.17) is 4.74 Å². The molecule has 0 unspecified atom stereocenters. The van der Waals surface area contributed by atoms with Gasteiger partial charge < -0.3 is 4.74 Å². The van der Waals surface area contributed by atoms with Crippen molar-refractivity contribution in [1.82, 2.24) is 0 Å². The van der Waals surface area contributed by atoms with Crippen LogP contribution in [0.15, 0.2) is 18.2 Å². The fraction of sp³-hybridized carbons (Fsp3) is 0.500. The van der Waals surface area contributed by atoms with E-state index in [2.05, 4.69) is 6.92 Å².